The van der Waals surface area contributed by atoms with E-state index in [1.807, 2.05) is 4.90 Å². The van der Waals surface area contributed by atoms with Gasteiger partial charge in [0.1, 0.15) is 5.25 Å². The van der Waals surface area contributed by atoms with E-state index in [0.29, 0.717) is 5.56 Å². The number of aliphatic carboxylic acids is 1. The van der Waals surface area contributed by atoms with Gasteiger partial charge in [0.25, 0.3) is 5.91 Å². The first-order valence-corrected chi connectivity index (χ1v) is 8.85. The second kappa shape index (κ2) is 7.54. The third-order valence-electron chi connectivity index (χ3n) is 3.87. The molecule has 0 aromatic heterocycles. The minimum atomic E-state index is -1.50. The molecule has 5 nitrogen and oxygen atoms in total. The molecule has 1 heterocycles. The van der Waals surface area contributed by atoms with Gasteiger partial charge in [-0.1, -0.05) is 12.1 Å². The van der Waals surface area contributed by atoms with Crippen molar-refractivity contribution in [1.29, 1.82) is 0 Å². The van der Waals surface area contributed by atoms with Crippen LogP contribution in [-0.2, 0) is 21.3 Å². The van der Waals surface area contributed by atoms with Gasteiger partial charge in [-0.15, -0.1) is 0 Å². The van der Waals surface area contributed by atoms with Crippen molar-refractivity contribution in [2.75, 3.05) is 13.1 Å². The highest BCUT2D eigenvalue weighted by atomic mass is 32.2. The number of carbonyl (C=O) groups excluding carboxylic acids is 1. The van der Waals surface area contributed by atoms with Crippen molar-refractivity contribution >= 4 is 22.7 Å². The van der Waals surface area contributed by atoms with Crippen molar-refractivity contribution in [1.82, 2.24) is 4.90 Å². The van der Waals surface area contributed by atoms with E-state index < -0.39 is 22.0 Å². The fraction of sp³-hybridized carbons (Fsp3) is 0.500. The lowest BCUT2D eigenvalue weighted by atomic mass is 10.1. The van der Waals surface area contributed by atoms with Gasteiger partial charge in [-0.2, -0.15) is 0 Å². The van der Waals surface area contributed by atoms with Crippen LogP contribution in [0.15, 0.2) is 24.3 Å². The second-order valence-electron chi connectivity index (χ2n) is 5.56. The highest BCUT2D eigenvalue weighted by molar-refractivity contribution is 7.85. The Kier molecular flexibility index (Phi) is 5.71. The van der Waals surface area contributed by atoms with Gasteiger partial charge >= 0.3 is 5.97 Å². The van der Waals surface area contributed by atoms with E-state index in [1.165, 1.54) is 6.92 Å². The van der Waals surface area contributed by atoms with E-state index >= 15 is 0 Å². The molecule has 2 rings (SSSR count). The molecule has 1 fully saturated rings. The normalized spacial score (nSPS) is 17.8. The van der Waals surface area contributed by atoms with E-state index in [0.717, 1.165) is 37.9 Å². The summed E-state index contributed by atoms with van der Waals surface area (Å²) in [5, 5.41) is 7.97. The Labute approximate surface area is 132 Å². The van der Waals surface area contributed by atoms with Crippen LogP contribution in [0.3, 0.4) is 0 Å². The Morgan fingerprint density at radius 1 is 1.27 bits per heavy atom. The van der Waals surface area contributed by atoms with Crippen LogP contribution in [-0.4, -0.2) is 44.4 Å². The number of benzene rings is 1. The van der Waals surface area contributed by atoms with Gasteiger partial charge in [0.05, 0.1) is 0 Å². The van der Waals surface area contributed by atoms with Crippen LogP contribution in [0.25, 0.3) is 0 Å². The van der Waals surface area contributed by atoms with Crippen LogP contribution in [0.2, 0.25) is 0 Å². The molecule has 0 bridgehead atoms. The van der Waals surface area contributed by atoms with Gasteiger partial charge in [-0.05, 0) is 43.9 Å². The Balaban J connectivity index is 2.07. The smallest absolute Gasteiger partial charge is 0.318 e. The number of carbonyl (C=O) groups is 2. The van der Waals surface area contributed by atoms with Gasteiger partial charge in [0.15, 0.2) is 0 Å². The van der Waals surface area contributed by atoms with Crippen molar-refractivity contribution < 1.29 is 18.9 Å². The molecule has 0 saturated carbocycles. The maximum Gasteiger partial charge on any atom is 0.318 e. The predicted octanol–water partition coefficient (Wildman–Crippen LogP) is 2.03. The Bertz CT molecular complexity index is 581. The first kappa shape index (κ1) is 16.7. The molecule has 1 aromatic carbocycles. The van der Waals surface area contributed by atoms with E-state index in [9.17, 15) is 13.8 Å². The summed E-state index contributed by atoms with van der Waals surface area (Å²) in [7, 11) is -1.50. The lowest BCUT2D eigenvalue weighted by molar-refractivity contribution is -0.136. The molecule has 1 aromatic rings. The molecule has 6 heteroatoms. The van der Waals surface area contributed by atoms with Gasteiger partial charge in [-0.3, -0.25) is 13.8 Å². The number of nitrogens with zero attached hydrogens (tertiary/aromatic N) is 1. The average molecular weight is 323 g/mol. The standard InChI is InChI=1S/C16H21NO4S/c1-12(16(19)20)22(21)11-13-6-5-7-14(10-13)15(18)17-8-3-2-4-9-17/h5-7,10,12H,2-4,8-9,11H2,1H3,(H,19,20)/t12-,22+/m1/s1. The Morgan fingerprint density at radius 3 is 2.59 bits per heavy atom. The van der Waals surface area contributed by atoms with E-state index in [2.05, 4.69) is 0 Å². The van der Waals surface area contributed by atoms with Gasteiger partial charge in [0.2, 0.25) is 0 Å². The number of likely N-dealkylation sites (tertiary alicyclic amines) is 1. The molecule has 0 spiro atoms. The molecule has 1 N–H and O–H groups in total. The van der Waals surface area contributed by atoms with Crippen molar-refractivity contribution in [3.63, 3.8) is 0 Å². The fourth-order valence-corrected chi connectivity index (χ4v) is 3.46. The average Bonchev–Trinajstić information content (AvgIpc) is 2.54. The SMILES string of the molecule is C[C@H](C(=O)O)[S@@](=O)Cc1cccc(C(=O)N2CCCCC2)c1. The minimum Gasteiger partial charge on any atom is -0.480 e. The molecule has 2 atom stereocenters. The fourth-order valence-electron chi connectivity index (χ4n) is 2.48. The van der Waals surface area contributed by atoms with E-state index in [-0.39, 0.29) is 11.7 Å². The van der Waals surface area contributed by atoms with Crippen molar-refractivity contribution in [2.45, 2.75) is 37.2 Å². The number of hydrogen-bond donors (Lipinski definition) is 1. The zero-order valence-electron chi connectivity index (χ0n) is 12.7. The van der Waals surface area contributed by atoms with E-state index in [4.69, 9.17) is 5.11 Å². The zero-order chi connectivity index (χ0) is 16.1. The Morgan fingerprint density at radius 2 is 1.95 bits per heavy atom. The molecule has 1 amide bonds. The molecular weight excluding hydrogens is 302 g/mol. The number of carboxylic acid groups (broad SMARTS) is 1. The number of rotatable bonds is 5. The van der Waals surface area contributed by atoms with Gasteiger partial charge in [0, 0.05) is 35.2 Å². The molecule has 22 heavy (non-hydrogen) atoms. The van der Waals surface area contributed by atoms with Gasteiger partial charge < -0.3 is 10.0 Å². The summed E-state index contributed by atoms with van der Waals surface area (Å²) in [6.07, 6.45) is 3.23. The number of amides is 1. The van der Waals surface area contributed by atoms with Crippen LogP contribution in [0.1, 0.15) is 42.1 Å². The monoisotopic (exact) mass is 323 g/mol. The molecule has 0 radical (unpaired) electrons. The second-order valence-corrected chi connectivity index (χ2v) is 7.32. The van der Waals surface area contributed by atoms with Crippen molar-refractivity contribution in [3.8, 4) is 0 Å². The number of piperidine rings is 1. The maximum atomic E-state index is 12.4. The van der Waals surface area contributed by atoms with Crippen LogP contribution in [0.5, 0.6) is 0 Å². The maximum absolute atomic E-state index is 12.4. The molecule has 1 aliphatic rings. The third kappa shape index (κ3) is 4.16. The topological polar surface area (TPSA) is 74.7 Å². The molecule has 120 valence electrons. The molecular formula is C16H21NO4S. The number of carboxylic acids is 1. The quantitative estimate of drug-likeness (QED) is 0.900. The number of hydrogen-bond acceptors (Lipinski definition) is 3. The summed E-state index contributed by atoms with van der Waals surface area (Å²) >= 11 is 0. The van der Waals surface area contributed by atoms with Crippen LogP contribution in [0, 0.1) is 0 Å². The summed E-state index contributed by atoms with van der Waals surface area (Å²) in [5.41, 5.74) is 1.31. The summed E-state index contributed by atoms with van der Waals surface area (Å²) in [4.78, 5) is 25.1. The molecule has 0 aliphatic carbocycles. The van der Waals surface area contributed by atoms with Crippen LogP contribution < -0.4 is 0 Å². The lowest BCUT2D eigenvalue weighted by Crippen LogP contribution is -2.35. The molecule has 1 aliphatic heterocycles. The van der Waals surface area contributed by atoms with Crippen molar-refractivity contribution in [2.24, 2.45) is 0 Å². The van der Waals surface area contributed by atoms with Crippen LogP contribution in [0.4, 0.5) is 0 Å². The zero-order valence-corrected chi connectivity index (χ0v) is 13.5. The highest BCUT2D eigenvalue weighted by Gasteiger charge is 2.21. The highest BCUT2D eigenvalue weighted by Crippen LogP contribution is 2.15. The summed E-state index contributed by atoms with van der Waals surface area (Å²) in [5.74, 6) is -0.924. The summed E-state index contributed by atoms with van der Waals surface area (Å²) in [6.45, 7) is 3.00. The first-order valence-electron chi connectivity index (χ1n) is 7.47. The predicted molar refractivity (Wildman–Crippen MR) is 85.1 cm³/mol. The summed E-state index contributed by atoms with van der Waals surface area (Å²) < 4.78 is 12.0. The summed E-state index contributed by atoms with van der Waals surface area (Å²) in [6, 6.07) is 7.02. The lowest BCUT2D eigenvalue weighted by Gasteiger charge is -2.26. The molecule has 0 unspecified atom stereocenters. The Hall–Kier alpha value is -1.69. The molecule has 1 saturated heterocycles. The van der Waals surface area contributed by atoms with Crippen LogP contribution >= 0.6 is 0 Å². The minimum absolute atomic E-state index is 0.00128. The third-order valence-corrected chi connectivity index (χ3v) is 5.48. The first-order chi connectivity index (χ1) is 10.5. The van der Waals surface area contributed by atoms with E-state index in [1.54, 1.807) is 24.3 Å². The van der Waals surface area contributed by atoms with Gasteiger partial charge in [-0.25, -0.2) is 0 Å². The van der Waals surface area contributed by atoms with Crippen molar-refractivity contribution in [3.05, 3.63) is 35.4 Å². The largest absolute Gasteiger partial charge is 0.480 e.